The lowest BCUT2D eigenvalue weighted by Gasteiger charge is -2.36. The molecule has 2 atom stereocenters. The topological polar surface area (TPSA) is 141 Å². The van der Waals surface area contributed by atoms with Crippen LogP contribution in [-0.4, -0.2) is 54.7 Å². The second-order valence-corrected chi connectivity index (χ2v) is 7.58. The highest BCUT2D eigenvalue weighted by Crippen LogP contribution is 2.56. The molecule has 0 spiro atoms. The summed E-state index contributed by atoms with van der Waals surface area (Å²) in [6.07, 6.45) is 3.21. The molecule has 1 aliphatic rings. The Bertz CT molecular complexity index is 1120. The fourth-order valence-electron chi connectivity index (χ4n) is 3.62. The molecule has 10 heteroatoms. The number of fused-ring (bicyclic) bond motifs is 1. The van der Waals surface area contributed by atoms with Crippen molar-refractivity contribution >= 4 is 18.0 Å². The van der Waals surface area contributed by atoms with Crippen molar-refractivity contribution in [3.63, 3.8) is 0 Å². The Labute approximate surface area is 195 Å². The molecule has 0 saturated carbocycles. The zero-order chi connectivity index (χ0) is 25.1. The fraction of sp³-hybridized carbons (Fsp3) is 0.333. The minimum Gasteiger partial charge on any atom is -0.504 e. The van der Waals surface area contributed by atoms with Crippen molar-refractivity contribution in [1.82, 2.24) is 0 Å². The first kappa shape index (κ1) is 24.9. The van der Waals surface area contributed by atoms with Gasteiger partial charge in [-0.15, -0.1) is 0 Å². The van der Waals surface area contributed by atoms with E-state index in [1.165, 1.54) is 45.4 Å². The molecule has 0 fully saturated rings. The van der Waals surface area contributed by atoms with Crippen LogP contribution < -0.4 is 14.2 Å². The Morgan fingerprint density at radius 3 is 2.29 bits per heavy atom. The number of hydrogen-bond acceptors (Lipinski definition) is 10. The van der Waals surface area contributed by atoms with E-state index in [1.54, 1.807) is 18.2 Å². The van der Waals surface area contributed by atoms with Crippen LogP contribution in [0.4, 0.5) is 0 Å². The van der Waals surface area contributed by atoms with E-state index in [0.717, 1.165) is 6.92 Å². The predicted molar refractivity (Wildman–Crippen MR) is 118 cm³/mol. The molecule has 0 amide bonds. The molecule has 3 N–H and O–H groups in total. The van der Waals surface area contributed by atoms with Crippen molar-refractivity contribution in [2.75, 3.05) is 27.4 Å². The van der Waals surface area contributed by atoms with E-state index < -0.39 is 29.9 Å². The molecule has 0 saturated heterocycles. The van der Waals surface area contributed by atoms with E-state index in [2.05, 4.69) is 0 Å². The smallest absolute Gasteiger partial charge is 0.302 e. The van der Waals surface area contributed by atoms with Gasteiger partial charge in [0.2, 0.25) is 0 Å². The summed E-state index contributed by atoms with van der Waals surface area (Å²) in [6, 6.07) is 7.03. The number of benzene rings is 2. The van der Waals surface area contributed by atoms with Crippen LogP contribution in [0, 0.1) is 0 Å². The molecule has 0 radical (unpaired) electrons. The number of hydrogen-bond donors (Lipinski definition) is 3. The number of aromatic hydroxyl groups is 1. The van der Waals surface area contributed by atoms with E-state index in [4.69, 9.17) is 23.7 Å². The fourth-order valence-corrected chi connectivity index (χ4v) is 3.62. The Morgan fingerprint density at radius 1 is 1.00 bits per heavy atom. The Morgan fingerprint density at radius 2 is 1.68 bits per heavy atom. The number of ether oxygens (including phenoxy) is 5. The summed E-state index contributed by atoms with van der Waals surface area (Å²) in [5.74, 6) is -3.50. The first-order chi connectivity index (χ1) is 16.1. The number of carbonyl (C=O) groups excluding carboxylic acids is 2. The van der Waals surface area contributed by atoms with Crippen molar-refractivity contribution in [3.8, 4) is 23.0 Å². The first-order valence-corrected chi connectivity index (χ1v) is 10.2. The van der Waals surface area contributed by atoms with Gasteiger partial charge < -0.3 is 39.0 Å². The molecule has 3 rings (SSSR count). The number of phenolic OH excluding ortho intramolecular Hbond substituents is 1. The molecule has 1 aliphatic heterocycles. The quantitative estimate of drug-likeness (QED) is 0.486. The van der Waals surface area contributed by atoms with Crippen molar-refractivity contribution in [1.29, 1.82) is 0 Å². The minimum atomic E-state index is -2.45. The molecule has 0 aromatic heterocycles. The second-order valence-electron chi connectivity index (χ2n) is 7.58. The summed E-state index contributed by atoms with van der Waals surface area (Å²) in [5.41, 5.74) is -1.62. The van der Waals surface area contributed by atoms with Crippen LogP contribution in [-0.2, 0) is 30.5 Å². The van der Waals surface area contributed by atoms with Crippen molar-refractivity contribution < 1.29 is 48.6 Å². The highest BCUT2D eigenvalue weighted by molar-refractivity contribution is 5.68. The van der Waals surface area contributed by atoms with Gasteiger partial charge in [0, 0.05) is 25.0 Å². The maximum Gasteiger partial charge on any atom is 0.302 e. The van der Waals surface area contributed by atoms with E-state index in [9.17, 15) is 24.9 Å². The van der Waals surface area contributed by atoms with E-state index in [1.807, 2.05) is 0 Å². The standard InChI is InChI=1S/C24H26O10/c1-14(25)32-9-5-6-16-10-18-22(21(11-16)31-4)34-24(29,23(18,28)13-33-15(2)26)17-7-8-19(27)20(12-17)30-3/h5-8,10-12,27-29H,9,13H2,1-4H3. The highest BCUT2D eigenvalue weighted by atomic mass is 16.7. The van der Waals surface area contributed by atoms with Crippen LogP contribution in [0.3, 0.4) is 0 Å². The largest absolute Gasteiger partial charge is 0.504 e. The first-order valence-electron chi connectivity index (χ1n) is 10.2. The normalized spacial score (nSPS) is 21.0. The molecule has 2 unspecified atom stereocenters. The number of phenols is 1. The maximum absolute atomic E-state index is 11.8. The molecule has 182 valence electrons. The van der Waals surface area contributed by atoms with Crippen molar-refractivity contribution in [3.05, 3.63) is 53.1 Å². The van der Waals surface area contributed by atoms with Gasteiger partial charge in [-0.2, -0.15) is 0 Å². The second kappa shape index (κ2) is 9.62. The van der Waals surface area contributed by atoms with Gasteiger partial charge in [0.15, 0.2) is 28.6 Å². The van der Waals surface area contributed by atoms with Crippen LogP contribution in [0.2, 0.25) is 0 Å². The van der Waals surface area contributed by atoms with Gasteiger partial charge in [-0.1, -0.05) is 6.08 Å². The van der Waals surface area contributed by atoms with Gasteiger partial charge in [0.1, 0.15) is 13.2 Å². The minimum absolute atomic E-state index is 0.0280. The number of carbonyl (C=O) groups is 2. The zero-order valence-electron chi connectivity index (χ0n) is 19.2. The van der Waals surface area contributed by atoms with Gasteiger partial charge >= 0.3 is 11.9 Å². The van der Waals surface area contributed by atoms with Crippen LogP contribution in [0.1, 0.15) is 30.5 Å². The zero-order valence-corrected chi connectivity index (χ0v) is 19.2. The summed E-state index contributed by atoms with van der Waals surface area (Å²) in [4.78, 5) is 22.6. The van der Waals surface area contributed by atoms with Gasteiger partial charge in [-0.3, -0.25) is 9.59 Å². The van der Waals surface area contributed by atoms with Crippen molar-refractivity contribution in [2.45, 2.75) is 25.2 Å². The number of esters is 2. The third-order valence-corrected chi connectivity index (χ3v) is 5.30. The number of methoxy groups -OCH3 is 2. The lowest BCUT2D eigenvalue weighted by Crippen LogP contribution is -2.52. The van der Waals surface area contributed by atoms with Gasteiger partial charge in [-0.05, 0) is 42.0 Å². The molecule has 1 heterocycles. The molecule has 10 nitrogen and oxygen atoms in total. The van der Waals surface area contributed by atoms with Crippen molar-refractivity contribution in [2.24, 2.45) is 0 Å². The Hall–Kier alpha value is -3.76. The Balaban J connectivity index is 2.15. The lowest BCUT2D eigenvalue weighted by molar-refractivity contribution is -0.267. The predicted octanol–water partition coefficient (Wildman–Crippen LogP) is 1.97. The summed E-state index contributed by atoms with van der Waals surface area (Å²) in [6.45, 7) is 1.83. The highest BCUT2D eigenvalue weighted by Gasteiger charge is 2.62. The van der Waals surface area contributed by atoms with E-state index >= 15 is 0 Å². The van der Waals surface area contributed by atoms with E-state index in [0.29, 0.717) is 5.56 Å². The summed E-state index contributed by atoms with van der Waals surface area (Å²) >= 11 is 0. The monoisotopic (exact) mass is 474 g/mol. The molecule has 2 aromatic carbocycles. The molecule has 34 heavy (non-hydrogen) atoms. The molecule has 2 aromatic rings. The molecule has 0 aliphatic carbocycles. The summed E-state index contributed by atoms with van der Waals surface area (Å²) in [5, 5.41) is 33.4. The maximum atomic E-state index is 11.8. The number of aliphatic hydroxyl groups is 2. The van der Waals surface area contributed by atoms with Crippen LogP contribution in [0.5, 0.6) is 23.0 Å². The molecule has 0 bridgehead atoms. The average Bonchev–Trinajstić information content (AvgIpc) is 3.03. The summed E-state index contributed by atoms with van der Waals surface area (Å²) < 4.78 is 26.4. The lowest BCUT2D eigenvalue weighted by atomic mass is 9.83. The molecular formula is C24H26O10. The van der Waals surface area contributed by atoms with Gasteiger partial charge in [0.25, 0.3) is 5.79 Å². The molecular weight excluding hydrogens is 448 g/mol. The average molecular weight is 474 g/mol. The number of rotatable bonds is 8. The van der Waals surface area contributed by atoms with Gasteiger partial charge in [0.05, 0.1) is 14.2 Å². The SMILES string of the molecule is COc1cc(C2(O)Oc3c(OC)cc(C=CCOC(C)=O)cc3C2(O)COC(C)=O)ccc1O. The van der Waals surface area contributed by atoms with Gasteiger partial charge in [-0.25, -0.2) is 0 Å². The third kappa shape index (κ3) is 4.50. The third-order valence-electron chi connectivity index (χ3n) is 5.30. The van der Waals surface area contributed by atoms with Crippen LogP contribution in [0.25, 0.3) is 6.08 Å². The van der Waals surface area contributed by atoms with Crippen LogP contribution in [0.15, 0.2) is 36.4 Å². The van der Waals surface area contributed by atoms with Crippen LogP contribution >= 0.6 is 0 Å². The van der Waals surface area contributed by atoms with E-state index in [-0.39, 0.29) is 40.7 Å². The Kier molecular flexibility index (Phi) is 7.04. The summed E-state index contributed by atoms with van der Waals surface area (Å²) in [7, 11) is 2.72.